The van der Waals surface area contributed by atoms with Crippen molar-refractivity contribution < 1.29 is 14.6 Å². The third-order valence-corrected chi connectivity index (χ3v) is 2.67. The van der Waals surface area contributed by atoms with Crippen molar-refractivity contribution in [3.8, 4) is 5.75 Å². The van der Waals surface area contributed by atoms with Gasteiger partial charge in [-0.1, -0.05) is 17.7 Å². The van der Waals surface area contributed by atoms with Gasteiger partial charge >= 0.3 is 5.97 Å². The molecule has 1 heterocycles. The Hall–Kier alpha value is -2.01. The molecule has 1 aromatic heterocycles. The number of carbonyl (C=O) groups is 1. The Morgan fingerprint density at radius 2 is 2.33 bits per heavy atom. The van der Waals surface area contributed by atoms with Crippen LogP contribution in [0.3, 0.4) is 0 Å². The molecule has 0 fully saturated rings. The Bertz CT molecular complexity index is 540. The number of ether oxygens (including phenoxy) is 1. The van der Waals surface area contributed by atoms with Crippen molar-refractivity contribution in [2.45, 2.75) is 6.54 Å². The zero-order chi connectivity index (χ0) is 13.0. The fourth-order valence-corrected chi connectivity index (χ4v) is 1.76. The van der Waals surface area contributed by atoms with Gasteiger partial charge in [0.2, 0.25) is 0 Å². The van der Waals surface area contributed by atoms with Crippen LogP contribution in [0.5, 0.6) is 5.75 Å². The first kappa shape index (κ1) is 12.4. The molecule has 94 valence electrons. The number of hydrogen-bond donors (Lipinski definition) is 1. The molecule has 1 N–H and O–H groups in total. The molecule has 0 amide bonds. The minimum atomic E-state index is -1.10. The van der Waals surface area contributed by atoms with Gasteiger partial charge in [-0.3, -0.25) is 0 Å². The van der Waals surface area contributed by atoms with E-state index in [1.54, 1.807) is 30.9 Å². The summed E-state index contributed by atoms with van der Waals surface area (Å²) in [5.74, 6) is -0.826. The molecule has 0 aliphatic carbocycles. The van der Waals surface area contributed by atoms with Gasteiger partial charge in [-0.05, 0) is 12.1 Å². The van der Waals surface area contributed by atoms with Crippen LogP contribution in [-0.2, 0) is 6.54 Å². The van der Waals surface area contributed by atoms with Gasteiger partial charge in [0.05, 0.1) is 17.9 Å². The van der Waals surface area contributed by atoms with E-state index in [0.29, 0.717) is 13.2 Å². The topological polar surface area (TPSA) is 64.3 Å². The fourth-order valence-electron chi connectivity index (χ4n) is 1.51. The molecule has 0 saturated carbocycles. The summed E-state index contributed by atoms with van der Waals surface area (Å²) in [6.45, 7) is 0.933. The molecule has 18 heavy (non-hydrogen) atoms. The Labute approximate surface area is 109 Å². The molecular formula is C12H11ClN2O3. The van der Waals surface area contributed by atoms with Crippen molar-refractivity contribution in [3.05, 3.63) is 47.5 Å². The monoisotopic (exact) mass is 266 g/mol. The van der Waals surface area contributed by atoms with Crippen LogP contribution in [0, 0.1) is 0 Å². The van der Waals surface area contributed by atoms with Gasteiger partial charge in [0.15, 0.2) is 0 Å². The van der Waals surface area contributed by atoms with Crippen LogP contribution >= 0.6 is 11.6 Å². The van der Waals surface area contributed by atoms with E-state index in [4.69, 9.17) is 21.4 Å². The first-order chi connectivity index (χ1) is 8.68. The highest BCUT2D eigenvalue weighted by molar-refractivity contribution is 6.33. The van der Waals surface area contributed by atoms with Crippen LogP contribution in [0.1, 0.15) is 10.4 Å². The molecule has 0 unspecified atom stereocenters. The van der Waals surface area contributed by atoms with Crippen LogP contribution < -0.4 is 4.74 Å². The van der Waals surface area contributed by atoms with Crippen LogP contribution in [0.25, 0.3) is 0 Å². The van der Waals surface area contributed by atoms with Gasteiger partial charge in [-0.2, -0.15) is 0 Å². The average Bonchev–Trinajstić information content (AvgIpc) is 2.81. The van der Waals surface area contributed by atoms with Gasteiger partial charge in [-0.15, -0.1) is 0 Å². The van der Waals surface area contributed by atoms with Crippen LogP contribution in [0.2, 0.25) is 5.02 Å². The summed E-state index contributed by atoms with van der Waals surface area (Å²) in [6, 6.07) is 4.76. The second-order valence-corrected chi connectivity index (χ2v) is 3.97. The summed E-state index contributed by atoms with van der Waals surface area (Å²) < 4.78 is 7.28. The van der Waals surface area contributed by atoms with E-state index in [0.717, 1.165) is 0 Å². The van der Waals surface area contributed by atoms with Gasteiger partial charge in [0.1, 0.15) is 17.9 Å². The molecule has 0 radical (unpaired) electrons. The molecule has 0 bridgehead atoms. The minimum Gasteiger partial charge on any atom is -0.491 e. The Morgan fingerprint density at radius 3 is 3.00 bits per heavy atom. The number of aromatic carboxylic acids is 1. The average molecular weight is 267 g/mol. The van der Waals surface area contributed by atoms with Crippen molar-refractivity contribution in [1.82, 2.24) is 9.55 Å². The lowest BCUT2D eigenvalue weighted by atomic mass is 10.2. The molecular weight excluding hydrogens is 256 g/mol. The second kappa shape index (κ2) is 5.55. The Kier molecular flexibility index (Phi) is 3.84. The molecule has 5 nitrogen and oxygen atoms in total. The third-order valence-electron chi connectivity index (χ3n) is 2.36. The van der Waals surface area contributed by atoms with Crippen molar-refractivity contribution in [2.75, 3.05) is 6.61 Å². The molecule has 6 heteroatoms. The van der Waals surface area contributed by atoms with Crippen LogP contribution in [0.4, 0.5) is 0 Å². The fraction of sp³-hybridized carbons (Fsp3) is 0.167. The van der Waals surface area contributed by atoms with Crippen molar-refractivity contribution in [3.63, 3.8) is 0 Å². The number of rotatable bonds is 5. The van der Waals surface area contributed by atoms with E-state index in [1.165, 1.54) is 6.07 Å². The number of carboxylic acids is 1. The number of imidazole rings is 1. The molecule has 1 aromatic carbocycles. The lowest BCUT2D eigenvalue weighted by molar-refractivity contribution is 0.0692. The maximum atomic E-state index is 11.1. The molecule has 0 atom stereocenters. The molecule has 2 rings (SSSR count). The Balaban J connectivity index is 2.05. The molecule has 0 spiro atoms. The SMILES string of the molecule is O=C(O)c1c(Cl)cccc1OCCn1ccnc1. The summed E-state index contributed by atoms with van der Waals surface area (Å²) in [4.78, 5) is 15.0. The van der Waals surface area contributed by atoms with Gasteiger partial charge in [-0.25, -0.2) is 9.78 Å². The highest BCUT2D eigenvalue weighted by Crippen LogP contribution is 2.26. The lowest BCUT2D eigenvalue weighted by Gasteiger charge is -2.10. The predicted molar refractivity (Wildman–Crippen MR) is 66.1 cm³/mol. The summed E-state index contributed by atoms with van der Waals surface area (Å²) in [7, 11) is 0. The zero-order valence-corrected chi connectivity index (χ0v) is 10.2. The molecule has 0 saturated heterocycles. The highest BCUT2D eigenvalue weighted by Gasteiger charge is 2.15. The number of hydrogen-bond acceptors (Lipinski definition) is 3. The van der Waals surface area contributed by atoms with Gasteiger partial charge < -0.3 is 14.4 Å². The van der Waals surface area contributed by atoms with E-state index in [9.17, 15) is 4.79 Å². The van der Waals surface area contributed by atoms with Crippen molar-refractivity contribution in [1.29, 1.82) is 0 Å². The normalized spacial score (nSPS) is 10.3. The predicted octanol–water partition coefficient (Wildman–Crippen LogP) is 2.31. The maximum Gasteiger partial charge on any atom is 0.341 e. The second-order valence-electron chi connectivity index (χ2n) is 3.57. The number of aromatic nitrogens is 2. The van der Waals surface area contributed by atoms with Crippen molar-refractivity contribution >= 4 is 17.6 Å². The largest absolute Gasteiger partial charge is 0.491 e. The number of nitrogens with zero attached hydrogens (tertiary/aromatic N) is 2. The summed E-state index contributed by atoms with van der Waals surface area (Å²) >= 11 is 5.83. The smallest absolute Gasteiger partial charge is 0.341 e. The maximum absolute atomic E-state index is 11.1. The molecule has 2 aromatic rings. The van der Waals surface area contributed by atoms with E-state index < -0.39 is 5.97 Å². The van der Waals surface area contributed by atoms with E-state index in [1.807, 2.05) is 4.57 Å². The lowest BCUT2D eigenvalue weighted by Crippen LogP contribution is -2.09. The van der Waals surface area contributed by atoms with E-state index in [2.05, 4.69) is 4.98 Å². The third kappa shape index (κ3) is 2.81. The van der Waals surface area contributed by atoms with E-state index >= 15 is 0 Å². The summed E-state index contributed by atoms with van der Waals surface area (Å²) in [5.41, 5.74) is -0.00945. The molecule has 0 aliphatic heterocycles. The molecule has 0 aliphatic rings. The Morgan fingerprint density at radius 1 is 1.50 bits per heavy atom. The van der Waals surface area contributed by atoms with Gasteiger partial charge in [0, 0.05) is 12.4 Å². The number of halogens is 1. The first-order valence-electron chi connectivity index (χ1n) is 5.29. The number of benzene rings is 1. The number of carboxylic acid groups (broad SMARTS) is 1. The van der Waals surface area contributed by atoms with E-state index in [-0.39, 0.29) is 16.3 Å². The standard InChI is InChI=1S/C12H11ClN2O3/c13-9-2-1-3-10(11(9)12(16)17)18-7-6-15-5-4-14-8-15/h1-5,8H,6-7H2,(H,16,17). The summed E-state index contributed by atoms with van der Waals surface area (Å²) in [5, 5.41) is 9.22. The van der Waals surface area contributed by atoms with Crippen molar-refractivity contribution in [2.24, 2.45) is 0 Å². The first-order valence-corrected chi connectivity index (χ1v) is 5.66. The van der Waals surface area contributed by atoms with Crippen LogP contribution in [0.15, 0.2) is 36.9 Å². The highest BCUT2D eigenvalue weighted by atomic mass is 35.5. The zero-order valence-electron chi connectivity index (χ0n) is 9.41. The summed E-state index contributed by atoms with van der Waals surface area (Å²) in [6.07, 6.45) is 5.14. The minimum absolute atomic E-state index is 0.00945. The van der Waals surface area contributed by atoms with Crippen LogP contribution in [-0.4, -0.2) is 27.2 Å². The van der Waals surface area contributed by atoms with Gasteiger partial charge in [0.25, 0.3) is 0 Å². The quantitative estimate of drug-likeness (QED) is 0.902.